The van der Waals surface area contributed by atoms with Gasteiger partial charge in [0, 0.05) is 17.5 Å². The first-order valence-electron chi connectivity index (χ1n) is 8.83. The van der Waals surface area contributed by atoms with Crippen LogP contribution in [-0.4, -0.2) is 39.2 Å². The van der Waals surface area contributed by atoms with Gasteiger partial charge in [0.15, 0.2) is 9.84 Å². The third kappa shape index (κ3) is 3.21. The highest BCUT2D eigenvalue weighted by Gasteiger charge is 2.11. The highest BCUT2D eigenvalue weighted by Crippen LogP contribution is 2.24. The Morgan fingerprint density at radius 3 is 2.62 bits per heavy atom. The van der Waals surface area contributed by atoms with E-state index in [9.17, 15) is 8.42 Å². The minimum Gasteiger partial charge on any atom is -0.345 e. The van der Waals surface area contributed by atoms with E-state index in [0.29, 0.717) is 5.95 Å². The number of rotatable bonds is 4. The standard InChI is InChI=1S/C20H16N6O2S/c1-29(27,28)16-6-2-13(3-7-16)19-9-5-15-11-21-20(25-26(15)19)24-14-4-8-17-18(10-14)23-12-22-17/h2-12H,1H3,(H,22,23)(H,24,25). The van der Waals surface area contributed by atoms with Crippen molar-refractivity contribution in [1.29, 1.82) is 0 Å². The molecule has 2 aromatic carbocycles. The van der Waals surface area contributed by atoms with Crippen LogP contribution in [0.25, 0.3) is 27.8 Å². The molecule has 3 aromatic heterocycles. The van der Waals surface area contributed by atoms with E-state index in [1.165, 1.54) is 6.26 Å². The third-order valence-corrected chi connectivity index (χ3v) is 5.78. The maximum absolute atomic E-state index is 11.7. The Morgan fingerprint density at radius 1 is 1.00 bits per heavy atom. The minimum atomic E-state index is -3.23. The predicted molar refractivity (Wildman–Crippen MR) is 111 cm³/mol. The fraction of sp³-hybridized carbons (Fsp3) is 0.0500. The lowest BCUT2D eigenvalue weighted by molar-refractivity contribution is 0.602. The molecule has 0 atom stereocenters. The number of hydrogen-bond donors (Lipinski definition) is 2. The van der Waals surface area contributed by atoms with Crippen LogP contribution in [0.2, 0.25) is 0 Å². The molecular weight excluding hydrogens is 388 g/mol. The van der Waals surface area contributed by atoms with Crippen molar-refractivity contribution in [2.24, 2.45) is 0 Å². The van der Waals surface area contributed by atoms with Gasteiger partial charge in [-0.3, -0.25) is 0 Å². The molecule has 0 saturated heterocycles. The van der Waals surface area contributed by atoms with E-state index in [-0.39, 0.29) is 4.90 Å². The first-order valence-corrected chi connectivity index (χ1v) is 10.7. The smallest absolute Gasteiger partial charge is 0.245 e. The zero-order valence-corrected chi connectivity index (χ0v) is 16.2. The molecular formula is C20H16N6O2S. The number of hydrogen-bond acceptors (Lipinski definition) is 6. The molecule has 0 spiro atoms. The second kappa shape index (κ2) is 6.42. The molecule has 3 heterocycles. The number of nitrogens with zero attached hydrogens (tertiary/aromatic N) is 4. The van der Waals surface area contributed by atoms with Gasteiger partial charge in [-0.05, 0) is 42.5 Å². The highest BCUT2D eigenvalue weighted by molar-refractivity contribution is 7.90. The number of H-pyrrole nitrogens is 1. The molecule has 0 bridgehead atoms. The van der Waals surface area contributed by atoms with Crippen LogP contribution in [0, 0.1) is 0 Å². The summed E-state index contributed by atoms with van der Waals surface area (Å²) in [6.07, 6.45) is 4.58. The van der Waals surface area contributed by atoms with E-state index in [1.807, 2.05) is 30.3 Å². The van der Waals surface area contributed by atoms with Gasteiger partial charge in [0.25, 0.3) is 0 Å². The lowest BCUT2D eigenvalue weighted by Crippen LogP contribution is -2.03. The summed E-state index contributed by atoms with van der Waals surface area (Å²) in [7, 11) is -3.23. The molecule has 0 unspecified atom stereocenters. The van der Waals surface area contributed by atoms with E-state index in [0.717, 1.165) is 33.5 Å². The van der Waals surface area contributed by atoms with Gasteiger partial charge < -0.3 is 10.3 Å². The lowest BCUT2D eigenvalue weighted by atomic mass is 10.2. The number of nitrogens with one attached hydrogen (secondary N) is 2. The summed E-state index contributed by atoms with van der Waals surface area (Å²) in [4.78, 5) is 11.9. The van der Waals surface area contributed by atoms with E-state index >= 15 is 0 Å². The first-order chi connectivity index (χ1) is 14.0. The summed E-state index contributed by atoms with van der Waals surface area (Å²) >= 11 is 0. The molecule has 5 aromatic rings. The van der Waals surface area contributed by atoms with Crippen molar-refractivity contribution in [2.75, 3.05) is 11.6 Å². The Labute approximate surface area is 166 Å². The van der Waals surface area contributed by atoms with Gasteiger partial charge in [-0.1, -0.05) is 12.1 Å². The van der Waals surface area contributed by atoms with Gasteiger partial charge in [0.05, 0.1) is 39.7 Å². The zero-order chi connectivity index (χ0) is 20.0. The van der Waals surface area contributed by atoms with Crippen LogP contribution in [-0.2, 0) is 9.84 Å². The minimum absolute atomic E-state index is 0.285. The number of sulfone groups is 1. The van der Waals surface area contributed by atoms with E-state index in [4.69, 9.17) is 0 Å². The number of benzene rings is 2. The van der Waals surface area contributed by atoms with Crippen molar-refractivity contribution >= 4 is 38.0 Å². The number of fused-ring (bicyclic) bond motifs is 2. The SMILES string of the molecule is CS(=O)(=O)c1ccc(-c2ccc3cnc(Nc4ccc5nc[nH]c5c4)nn23)cc1. The second-order valence-electron chi connectivity index (χ2n) is 6.69. The monoisotopic (exact) mass is 404 g/mol. The summed E-state index contributed by atoms with van der Waals surface area (Å²) in [6, 6.07) is 16.4. The molecule has 0 aliphatic heterocycles. The summed E-state index contributed by atoms with van der Waals surface area (Å²) in [5.74, 6) is 0.446. The largest absolute Gasteiger partial charge is 0.345 e. The van der Waals surface area contributed by atoms with E-state index < -0.39 is 9.84 Å². The zero-order valence-electron chi connectivity index (χ0n) is 15.4. The van der Waals surface area contributed by atoms with Crippen LogP contribution >= 0.6 is 0 Å². The number of aromatic nitrogens is 5. The maximum Gasteiger partial charge on any atom is 0.245 e. The first kappa shape index (κ1) is 17.4. The summed E-state index contributed by atoms with van der Waals surface area (Å²) in [5, 5.41) is 7.80. The Hall–Kier alpha value is -3.72. The van der Waals surface area contributed by atoms with Crippen molar-refractivity contribution in [2.45, 2.75) is 4.90 Å². The molecule has 2 N–H and O–H groups in total. The van der Waals surface area contributed by atoms with Gasteiger partial charge >= 0.3 is 0 Å². The van der Waals surface area contributed by atoms with Crippen molar-refractivity contribution in [3.05, 3.63) is 67.1 Å². The molecule has 0 aliphatic rings. The molecule has 8 nitrogen and oxygen atoms in total. The molecule has 5 rings (SSSR count). The van der Waals surface area contributed by atoms with Gasteiger partial charge in [0.2, 0.25) is 5.95 Å². The highest BCUT2D eigenvalue weighted by atomic mass is 32.2. The van der Waals surface area contributed by atoms with Gasteiger partial charge in [-0.25, -0.2) is 22.9 Å². The molecule has 9 heteroatoms. The number of imidazole rings is 1. The Bertz CT molecular complexity index is 1450. The van der Waals surface area contributed by atoms with Crippen LogP contribution < -0.4 is 5.32 Å². The Kier molecular flexibility index (Phi) is 3.85. The Balaban J connectivity index is 1.51. The Morgan fingerprint density at radius 2 is 1.83 bits per heavy atom. The maximum atomic E-state index is 11.7. The van der Waals surface area contributed by atoms with Gasteiger partial charge in [-0.2, -0.15) is 0 Å². The van der Waals surface area contributed by atoms with Crippen LogP contribution in [0.5, 0.6) is 0 Å². The fourth-order valence-corrected chi connectivity index (χ4v) is 3.82. The average Bonchev–Trinajstić information content (AvgIpc) is 3.33. The van der Waals surface area contributed by atoms with E-state index in [1.54, 1.807) is 41.3 Å². The summed E-state index contributed by atoms with van der Waals surface area (Å²) < 4.78 is 25.1. The molecule has 144 valence electrons. The van der Waals surface area contributed by atoms with Gasteiger partial charge in [0.1, 0.15) is 0 Å². The normalized spacial score (nSPS) is 11.9. The van der Waals surface area contributed by atoms with Crippen LogP contribution in [0.1, 0.15) is 0 Å². The molecule has 0 radical (unpaired) electrons. The van der Waals surface area contributed by atoms with Gasteiger partial charge in [-0.15, -0.1) is 5.10 Å². The fourth-order valence-electron chi connectivity index (χ4n) is 3.19. The summed E-state index contributed by atoms with van der Waals surface area (Å²) in [6.45, 7) is 0. The molecule has 0 saturated carbocycles. The number of anilines is 2. The van der Waals surface area contributed by atoms with E-state index in [2.05, 4.69) is 25.4 Å². The predicted octanol–water partition coefficient (Wildman–Crippen LogP) is 3.42. The van der Waals surface area contributed by atoms with Crippen molar-refractivity contribution in [1.82, 2.24) is 24.6 Å². The van der Waals surface area contributed by atoms with Crippen LogP contribution in [0.4, 0.5) is 11.6 Å². The lowest BCUT2D eigenvalue weighted by Gasteiger charge is -2.07. The quantitative estimate of drug-likeness (QED) is 0.476. The number of aromatic amines is 1. The van der Waals surface area contributed by atoms with Crippen molar-refractivity contribution < 1.29 is 8.42 Å². The molecule has 0 amide bonds. The second-order valence-corrected chi connectivity index (χ2v) is 8.71. The van der Waals surface area contributed by atoms with Crippen molar-refractivity contribution in [3.8, 4) is 11.3 Å². The summed E-state index contributed by atoms with van der Waals surface area (Å²) in [5.41, 5.74) is 5.19. The van der Waals surface area contributed by atoms with Crippen LogP contribution in [0.3, 0.4) is 0 Å². The molecule has 0 aliphatic carbocycles. The third-order valence-electron chi connectivity index (χ3n) is 4.65. The molecule has 0 fully saturated rings. The average molecular weight is 404 g/mol. The van der Waals surface area contributed by atoms with Crippen LogP contribution in [0.15, 0.2) is 72.0 Å². The van der Waals surface area contributed by atoms with Crippen molar-refractivity contribution in [3.63, 3.8) is 0 Å². The molecule has 29 heavy (non-hydrogen) atoms. The topological polar surface area (TPSA) is 105 Å².